The number of halogens is 1. The smallest absolute Gasteiger partial charge is 0.243 e. The normalized spacial score (nSPS) is 27.1. The lowest BCUT2D eigenvalue weighted by Gasteiger charge is -2.45. The molecule has 2 aliphatic rings. The number of fused-ring (bicyclic) bond motifs is 2. The van der Waals surface area contributed by atoms with Gasteiger partial charge in [0.1, 0.15) is 5.54 Å². The zero-order chi connectivity index (χ0) is 18.4. The minimum atomic E-state index is -0.691. The van der Waals surface area contributed by atoms with Crippen molar-refractivity contribution in [2.75, 3.05) is 5.32 Å². The van der Waals surface area contributed by atoms with E-state index in [0.29, 0.717) is 0 Å². The van der Waals surface area contributed by atoms with Gasteiger partial charge in [0.15, 0.2) is 0 Å². The first-order valence-corrected chi connectivity index (χ1v) is 9.87. The quantitative estimate of drug-likeness (QED) is 0.746. The van der Waals surface area contributed by atoms with E-state index in [1.54, 1.807) is 0 Å². The third-order valence-corrected chi connectivity index (χ3v) is 6.73. The Bertz CT molecular complexity index is 895. The Kier molecular flexibility index (Phi) is 4.19. The molecular weight excluding hydrogens is 388 g/mol. The minimum absolute atomic E-state index is 0.0501. The van der Waals surface area contributed by atoms with E-state index in [4.69, 9.17) is 5.73 Å². The molecule has 1 fully saturated rings. The average Bonchev–Trinajstić information content (AvgIpc) is 2.89. The molecule has 0 aromatic heterocycles. The van der Waals surface area contributed by atoms with Crippen molar-refractivity contribution in [2.45, 2.75) is 43.6 Å². The van der Waals surface area contributed by atoms with Crippen molar-refractivity contribution < 1.29 is 4.79 Å². The van der Waals surface area contributed by atoms with Gasteiger partial charge in [0.25, 0.3) is 0 Å². The molecule has 134 valence electrons. The molecule has 1 saturated carbocycles. The summed E-state index contributed by atoms with van der Waals surface area (Å²) in [5, 5.41) is 3.46. The molecule has 0 aliphatic heterocycles. The number of carbonyl (C=O) groups is 1. The maximum Gasteiger partial charge on any atom is 0.243 e. The number of nitrogens with one attached hydrogen (secondary N) is 1. The highest BCUT2D eigenvalue weighted by molar-refractivity contribution is 9.10. The highest BCUT2D eigenvalue weighted by Gasteiger charge is 2.49. The summed E-state index contributed by atoms with van der Waals surface area (Å²) >= 11 is 3.49. The maximum absolute atomic E-state index is 12.4. The lowest BCUT2D eigenvalue weighted by Crippen LogP contribution is -2.55. The van der Waals surface area contributed by atoms with E-state index in [2.05, 4.69) is 58.5 Å². The summed E-state index contributed by atoms with van der Waals surface area (Å²) in [5.41, 5.74) is 10.3. The molecule has 0 heterocycles. The molecule has 0 saturated heterocycles. The fourth-order valence-electron chi connectivity index (χ4n) is 4.69. The number of allylic oxidation sites excluding steroid dienone is 1. The number of carbonyl (C=O) groups excluding carboxylic acids is 1. The maximum atomic E-state index is 12.4. The van der Waals surface area contributed by atoms with Crippen molar-refractivity contribution in [3.63, 3.8) is 0 Å². The molecule has 2 aromatic rings. The fourth-order valence-corrected chi connectivity index (χ4v) is 5.08. The van der Waals surface area contributed by atoms with Gasteiger partial charge in [0, 0.05) is 15.6 Å². The topological polar surface area (TPSA) is 55.1 Å². The summed E-state index contributed by atoms with van der Waals surface area (Å²) in [6.45, 7) is 2.22. The number of rotatable bonds is 3. The number of hydrogen-bond acceptors (Lipinski definition) is 2. The number of anilines is 1. The summed E-state index contributed by atoms with van der Waals surface area (Å²) in [7, 11) is 0. The second kappa shape index (κ2) is 6.27. The Labute approximate surface area is 162 Å². The fraction of sp³-hybridized carbons (Fsp3) is 0.318. The molecule has 0 atom stereocenters. The van der Waals surface area contributed by atoms with Gasteiger partial charge in [0.2, 0.25) is 5.91 Å². The first-order valence-electron chi connectivity index (χ1n) is 9.07. The SMILES string of the molecule is CC1=Cc2ccccc2C12CCC(Nc1cccc(Br)c1)(C(N)=O)CC2. The van der Waals surface area contributed by atoms with E-state index in [1.807, 2.05) is 24.3 Å². The third kappa shape index (κ3) is 2.67. The molecule has 2 aliphatic carbocycles. The summed E-state index contributed by atoms with van der Waals surface area (Å²) in [5.74, 6) is -0.264. The van der Waals surface area contributed by atoms with Crippen molar-refractivity contribution in [3.05, 3.63) is 69.7 Å². The number of amides is 1. The van der Waals surface area contributed by atoms with E-state index >= 15 is 0 Å². The zero-order valence-corrected chi connectivity index (χ0v) is 16.5. The molecule has 26 heavy (non-hydrogen) atoms. The van der Waals surface area contributed by atoms with Gasteiger partial charge in [0.05, 0.1) is 0 Å². The number of nitrogens with two attached hydrogens (primary N) is 1. The Hall–Kier alpha value is -2.07. The predicted octanol–water partition coefficient (Wildman–Crippen LogP) is 5.01. The molecule has 1 amide bonds. The first-order chi connectivity index (χ1) is 12.5. The van der Waals surface area contributed by atoms with Crippen molar-refractivity contribution in [2.24, 2.45) is 5.73 Å². The van der Waals surface area contributed by atoms with Gasteiger partial charge >= 0.3 is 0 Å². The Morgan fingerprint density at radius 3 is 2.50 bits per heavy atom. The van der Waals surface area contributed by atoms with Crippen LogP contribution in [0.4, 0.5) is 5.69 Å². The molecule has 1 spiro atoms. The highest BCUT2D eigenvalue weighted by atomic mass is 79.9. The van der Waals surface area contributed by atoms with E-state index in [-0.39, 0.29) is 11.3 Å². The zero-order valence-electron chi connectivity index (χ0n) is 14.9. The van der Waals surface area contributed by atoms with Crippen LogP contribution in [0.5, 0.6) is 0 Å². The molecule has 4 heteroatoms. The Balaban J connectivity index is 1.63. The van der Waals surface area contributed by atoms with Crippen LogP contribution >= 0.6 is 15.9 Å². The second-order valence-electron chi connectivity index (χ2n) is 7.58. The van der Waals surface area contributed by atoms with Gasteiger partial charge in [-0.15, -0.1) is 0 Å². The van der Waals surface area contributed by atoms with Crippen LogP contribution in [0, 0.1) is 0 Å². The molecule has 0 unspecified atom stereocenters. The van der Waals surface area contributed by atoms with Crippen molar-refractivity contribution >= 4 is 33.6 Å². The molecule has 0 bridgehead atoms. The standard InChI is InChI=1S/C22H23BrN2O/c1-15-13-16-5-2-3-8-19(16)21(15)9-11-22(12-10-21,20(24)26)25-18-7-4-6-17(23)14-18/h2-8,13-14,25H,9-12H2,1H3,(H2,24,26). The number of benzene rings is 2. The summed E-state index contributed by atoms with van der Waals surface area (Å²) in [6.07, 6.45) is 5.61. The number of hydrogen-bond donors (Lipinski definition) is 2. The van der Waals surface area contributed by atoms with E-state index in [1.165, 1.54) is 16.7 Å². The monoisotopic (exact) mass is 410 g/mol. The van der Waals surface area contributed by atoms with Crippen LogP contribution in [0.1, 0.15) is 43.7 Å². The van der Waals surface area contributed by atoms with Crippen molar-refractivity contribution in [3.8, 4) is 0 Å². The second-order valence-corrected chi connectivity index (χ2v) is 8.49. The van der Waals surface area contributed by atoms with Crippen LogP contribution in [0.3, 0.4) is 0 Å². The molecule has 2 aromatic carbocycles. The van der Waals surface area contributed by atoms with Gasteiger partial charge in [-0.05, 0) is 61.9 Å². The highest BCUT2D eigenvalue weighted by Crippen LogP contribution is 2.53. The van der Waals surface area contributed by atoms with E-state index in [0.717, 1.165) is 35.8 Å². The first kappa shape index (κ1) is 17.3. The largest absolute Gasteiger partial charge is 0.371 e. The van der Waals surface area contributed by atoms with Crippen LogP contribution in [0.2, 0.25) is 0 Å². The Morgan fingerprint density at radius 1 is 1.08 bits per heavy atom. The molecule has 0 radical (unpaired) electrons. The van der Waals surface area contributed by atoms with Crippen LogP contribution in [-0.2, 0) is 10.2 Å². The van der Waals surface area contributed by atoms with Crippen molar-refractivity contribution in [1.82, 2.24) is 0 Å². The van der Waals surface area contributed by atoms with Crippen molar-refractivity contribution in [1.29, 1.82) is 0 Å². The summed E-state index contributed by atoms with van der Waals surface area (Å²) in [4.78, 5) is 12.4. The van der Waals surface area contributed by atoms with E-state index in [9.17, 15) is 4.79 Å². The lowest BCUT2D eigenvalue weighted by atomic mass is 9.62. The van der Waals surface area contributed by atoms with E-state index < -0.39 is 5.54 Å². The molecule has 3 nitrogen and oxygen atoms in total. The van der Waals surface area contributed by atoms with Crippen LogP contribution in [-0.4, -0.2) is 11.4 Å². The number of primary amides is 1. The van der Waals surface area contributed by atoms with Crippen LogP contribution in [0.25, 0.3) is 6.08 Å². The van der Waals surface area contributed by atoms with Gasteiger partial charge < -0.3 is 11.1 Å². The molecular formula is C22H23BrN2O. The average molecular weight is 411 g/mol. The minimum Gasteiger partial charge on any atom is -0.371 e. The van der Waals surface area contributed by atoms with Gasteiger partial charge in [-0.1, -0.05) is 57.9 Å². The lowest BCUT2D eigenvalue weighted by molar-refractivity contribution is -0.123. The van der Waals surface area contributed by atoms with Crippen LogP contribution in [0.15, 0.2) is 58.6 Å². The van der Waals surface area contributed by atoms with Gasteiger partial charge in [-0.2, -0.15) is 0 Å². The predicted molar refractivity (Wildman–Crippen MR) is 110 cm³/mol. The van der Waals surface area contributed by atoms with Gasteiger partial charge in [-0.3, -0.25) is 4.79 Å². The van der Waals surface area contributed by atoms with Crippen LogP contribution < -0.4 is 11.1 Å². The summed E-state index contributed by atoms with van der Waals surface area (Å²) in [6, 6.07) is 16.5. The third-order valence-electron chi connectivity index (χ3n) is 6.24. The summed E-state index contributed by atoms with van der Waals surface area (Å²) < 4.78 is 0.984. The molecule has 3 N–H and O–H groups in total. The Morgan fingerprint density at radius 2 is 1.81 bits per heavy atom. The molecule has 4 rings (SSSR count). The van der Waals surface area contributed by atoms with Gasteiger partial charge in [-0.25, -0.2) is 0 Å².